The SMILES string of the molecule is O=C(c1ccc(Cl)cc1)C1(c2ccccc2)CO1. The highest BCUT2D eigenvalue weighted by Crippen LogP contribution is 2.41. The third kappa shape index (κ3) is 1.84. The molecular weight excluding hydrogens is 248 g/mol. The average molecular weight is 259 g/mol. The molecule has 1 fully saturated rings. The molecule has 0 spiro atoms. The standard InChI is InChI=1S/C15H11ClO2/c16-13-8-6-11(7-9-13)14(17)15(10-18-15)12-4-2-1-3-5-12/h1-9H,10H2. The Bertz CT molecular complexity index is 571. The Labute approximate surface area is 110 Å². The number of hydrogen-bond acceptors (Lipinski definition) is 2. The van der Waals surface area contributed by atoms with Crippen molar-refractivity contribution in [3.05, 3.63) is 70.7 Å². The van der Waals surface area contributed by atoms with Crippen LogP contribution >= 0.6 is 11.6 Å². The lowest BCUT2D eigenvalue weighted by Gasteiger charge is -2.11. The quantitative estimate of drug-likeness (QED) is 0.623. The molecule has 1 atom stereocenters. The van der Waals surface area contributed by atoms with E-state index in [1.54, 1.807) is 24.3 Å². The van der Waals surface area contributed by atoms with Crippen LogP contribution in [0.5, 0.6) is 0 Å². The molecule has 1 heterocycles. The number of rotatable bonds is 3. The van der Waals surface area contributed by atoms with Gasteiger partial charge in [0, 0.05) is 10.6 Å². The van der Waals surface area contributed by atoms with E-state index in [0.717, 1.165) is 5.56 Å². The van der Waals surface area contributed by atoms with Gasteiger partial charge in [-0.25, -0.2) is 0 Å². The summed E-state index contributed by atoms with van der Waals surface area (Å²) in [5.41, 5.74) is 0.750. The largest absolute Gasteiger partial charge is 0.356 e. The first-order valence-electron chi connectivity index (χ1n) is 5.72. The minimum atomic E-state index is -0.783. The van der Waals surface area contributed by atoms with Gasteiger partial charge in [0.25, 0.3) is 0 Å². The van der Waals surface area contributed by atoms with Crippen LogP contribution in [0, 0.1) is 0 Å². The van der Waals surface area contributed by atoms with Crippen molar-refractivity contribution in [1.82, 2.24) is 0 Å². The van der Waals surface area contributed by atoms with Crippen LogP contribution in [-0.2, 0) is 10.3 Å². The van der Waals surface area contributed by atoms with Gasteiger partial charge in [-0.15, -0.1) is 0 Å². The summed E-state index contributed by atoms with van der Waals surface area (Å²) in [6.45, 7) is 0.443. The van der Waals surface area contributed by atoms with Gasteiger partial charge in [0.1, 0.15) is 0 Å². The molecule has 2 aromatic rings. The highest BCUT2D eigenvalue weighted by Gasteiger charge is 2.53. The number of hydrogen-bond donors (Lipinski definition) is 0. The third-order valence-electron chi connectivity index (χ3n) is 3.15. The maximum absolute atomic E-state index is 12.5. The van der Waals surface area contributed by atoms with Crippen LogP contribution in [0.4, 0.5) is 0 Å². The van der Waals surface area contributed by atoms with Crippen LogP contribution < -0.4 is 0 Å². The minimum Gasteiger partial charge on any atom is -0.356 e. The van der Waals surface area contributed by atoms with Gasteiger partial charge in [-0.3, -0.25) is 4.79 Å². The fourth-order valence-electron chi connectivity index (χ4n) is 2.04. The Morgan fingerprint density at radius 3 is 2.22 bits per heavy atom. The van der Waals surface area contributed by atoms with E-state index < -0.39 is 5.60 Å². The van der Waals surface area contributed by atoms with Crippen molar-refractivity contribution in [3.8, 4) is 0 Å². The summed E-state index contributed by atoms with van der Waals surface area (Å²) in [5, 5.41) is 0.622. The molecular formula is C15H11ClO2. The third-order valence-corrected chi connectivity index (χ3v) is 3.40. The number of carbonyl (C=O) groups excluding carboxylic acids is 1. The second-order valence-corrected chi connectivity index (χ2v) is 4.75. The Hall–Kier alpha value is -1.64. The second kappa shape index (κ2) is 4.23. The van der Waals surface area contributed by atoms with E-state index in [9.17, 15) is 4.79 Å². The summed E-state index contributed by atoms with van der Waals surface area (Å²) in [7, 11) is 0. The van der Waals surface area contributed by atoms with Crippen molar-refractivity contribution in [2.75, 3.05) is 6.61 Å². The van der Waals surface area contributed by atoms with Crippen LogP contribution in [0.1, 0.15) is 15.9 Å². The normalized spacial score (nSPS) is 21.6. The smallest absolute Gasteiger partial charge is 0.201 e. The molecule has 3 heteroatoms. The number of carbonyl (C=O) groups is 1. The minimum absolute atomic E-state index is 0.00892. The van der Waals surface area contributed by atoms with Crippen molar-refractivity contribution in [2.45, 2.75) is 5.60 Å². The predicted molar refractivity (Wildman–Crippen MR) is 69.9 cm³/mol. The summed E-state index contributed by atoms with van der Waals surface area (Å²) in [6.07, 6.45) is 0. The summed E-state index contributed by atoms with van der Waals surface area (Å²) in [6, 6.07) is 16.5. The summed E-state index contributed by atoms with van der Waals surface area (Å²) in [4.78, 5) is 12.5. The van der Waals surface area contributed by atoms with Crippen LogP contribution in [0.3, 0.4) is 0 Å². The van der Waals surface area contributed by atoms with Crippen LogP contribution in [0.25, 0.3) is 0 Å². The fraction of sp³-hybridized carbons (Fsp3) is 0.133. The molecule has 1 unspecified atom stereocenters. The van der Waals surface area contributed by atoms with E-state index in [2.05, 4.69) is 0 Å². The summed E-state index contributed by atoms with van der Waals surface area (Å²) >= 11 is 5.82. The van der Waals surface area contributed by atoms with Gasteiger partial charge in [0.15, 0.2) is 5.60 Å². The monoisotopic (exact) mass is 258 g/mol. The molecule has 0 aromatic heterocycles. The van der Waals surface area contributed by atoms with Crippen LogP contribution in [0.2, 0.25) is 5.02 Å². The van der Waals surface area contributed by atoms with E-state index >= 15 is 0 Å². The number of halogens is 1. The van der Waals surface area contributed by atoms with Crippen molar-refractivity contribution < 1.29 is 9.53 Å². The lowest BCUT2D eigenvalue weighted by atomic mass is 9.91. The van der Waals surface area contributed by atoms with Gasteiger partial charge in [0.05, 0.1) is 6.61 Å². The molecule has 2 nitrogen and oxygen atoms in total. The van der Waals surface area contributed by atoms with E-state index in [1.165, 1.54) is 0 Å². The molecule has 0 bridgehead atoms. The molecule has 1 aliphatic heterocycles. The zero-order valence-corrected chi connectivity index (χ0v) is 10.4. The number of ketones is 1. The lowest BCUT2D eigenvalue weighted by molar-refractivity contribution is 0.0871. The number of benzene rings is 2. The van der Waals surface area contributed by atoms with E-state index in [1.807, 2.05) is 30.3 Å². The number of ether oxygens (including phenoxy) is 1. The molecule has 1 saturated heterocycles. The van der Waals surface area contributed by atoms with Gasteiger partial charge >= 0.3 is 0 Å². The molecule has 2 aromatic carbocycles. The number of epoxide rings is 1. The highest BCUT2D eigenvalue weighted by atomic mass is 35.5. The molecule has 0 amide bonds. The molecule has 1 aliphatic rings. The van der Waals surface area contributed by atoms with Gasteiger partial charge in [0.2, 0.25) is 5.78 Å². The van der Waals surface area contributed by atoms with Gasteiger partial charge in [-0.05, 0) is 29.8 Å². The maximum atomic E-state index is 12.5. The first-order valence-corrected chi connectivity index (χ1v) is 6.10. The Morgan fingerprint density at radius 1 is 1.06 bits per heavy atom. The first kappa shape index (κ1) is 11.5. The van der Waals surface area contributed by atoms with E-state index in [4.69, 9.17) is 16.3 Å². The zero-order valence-electron chi connectivity index (χ0n) is 9.60. The zero-order chi connectivity index (χ0) is 12.6. The Balaban J connectivity index is 1.96. The van der Waals surface area contributed by atoms with Crippen molar-refractivity contribution in [3.63, 3.8) is 0 Å². The van der Waals surface area contributed by atoms with Gasteiger partial charge in [-0.1, -0.05) is 41.9 Å². The van der Waals surface area contributed by atoms with Crippen molar-refractivity contribution >= 4 is 17.4 Å². The van der Waals surface area contributed by atoms with E-state index in [-0.39, 0.29) is 5.78 Å². The van der Waals surface area contributed by atoms with Gasteiger partial charge in [-0.2, -0.15) is 0 Å². The van der Waals surface area contributed by atoms with Crippen molar-refractivity contribution in [1.29, 1.82) is 0 Å². The summed E-state index contributed by atoms with van der Waals surface area (Å²) < 4.78 is 5.45. The maximum Gasteiger partial charge on any atom is 0.201 e. The van der Waals surface area contributed by atoms with Crippen molar-refractivity contribution in [2.24, 2.45) is 0 Å². The average Bonchev–Trinajstić information content (AvgIpc) is 3.21. The molecule has 18 heavy (non-hydrogen) atoms. The predicted octanol–water partition coefficient (Wildman–Crippen LogP) is 3.45. The van der Waals surface area contributed by atoms with E-state index in [0.29, 0.717) is 17.2 Å². The second-order valence-electron chi connectivity index (χ2n) is 4.32. The molecule has 0 aliphatic carbocycles. The molecule has 90 valence electrons. The molecule has 3 rings (SSSR count). The lowest BCUT2D eigenvalue weighted by Crippen LogP contribution is -2.22. The molecule has 0 N–H and O–H groups in total. The topological polar surface area (TPSA) is 29.6 Å². The molecule has 0 saturated carbocycles. The Morgan fingerprint density at radius 2 is 1.67 bits per heavy atom. The fourth-order valence-corrected chi connectivity index (χ4v) is 2.17. The van der Waals surface area contributed by atoms with Crippen LogP contribution in [0.15, 0.2) is 54.6 Å². The first-order chi connectivity index (χ1) is 8.72. The van der Waals surface area contributed by atoms with Crippen LogP contribution in [-0.4, -0.2) is 12.4 Å². The summed E-state index contributed by atoms with van der Waals surface area (Å²) in [5.74, 6) is -0.00892. The Kier molecular flexibility index (Phi) is 2.69. The highest BCUT2D eigenvalue weighted by molar-refractivity contribution is 6.30. The number of Topliss-reactive ketones (excluding diaryl/α,β-unsaturated/α-hetero) is 1. The van der Waals surface area contributed by atoms with Gasteiger partial charge < -0.3 is 4.74 Å². The molecule has 0 radical (unpaired) electrons.